The Morgan fingerprint density at radius 2 is 1.65 bits per heavy atom. The highest BCUT2D eigenvalue weighted by molar-refractivity contribution is 5.96. The predicted molar refractivity (Wildman–Crippen MR) is 96.6 cm³/mol. The van der Waals surface area contributed by atoms with Crippen LogP contribution in [0.1, 0.15) is 28.9 Å². The Morgan fingerprint density at radius 3 is 2.15 bits per heavy atom. The summed E-state index contributed by atoms with van der Waals surface area (Å²) in [5.41, 5.74) is 6.43. The van der Waals surface area contributed by atoms with Crippen LogP contribution in [0.15, 0.2) is 42.5 Å². The maximum absolute atomic E-state index is 12.6. The molecule has 0 aliphatic carbocycles. The highest BCUT2D eigenvalue weighted by atomic mass is 16.5. The Kier molecular flexibility index (Phi) is 6.43. The van der Waals surface area contributed by atoms with E-state index in [-0.39, 0.29) is 35.8 Å². The van der Waals surface area contributed by atoms with Crippen LogP contribution >= 0.6 is 0 Å². The number of carbonyl (C=O) groups excluding carboxylic acids is 2. The van der Waals surface area contributed by atoms with Crippen LogP contribution in [0.2, 0.25) is 0 Å². The number of hydrogen-bond acceptors (Lipinski definition) is 5. The molecule has 1 atom stereocenters. The van der Waals surface area contributed by atoms with Gasteiger partial charge in [-0.25, -0.2) is 0 Å². The fourth-order valence-electron chi connectivity index (χ4n) is 2.40. The van der Waals surface area contributed by atoms with E-state index in [1.807, 2.05) is 37.3 Å². The number of rotatable bonds is 8. The summed E-state index contributed by atoms with van der Waals surface area (Å²) in [6.45, 7) is 1.56. The van der Waals surface area contributed by atoms with Crippen molar-refractivity contribution in [3.63, 3.8) is 0 Å². The van der Waals surface area contributed by atoms with E-state index in [0.29, 0.717) is 5.56 Å². The van der Waals surface area contributed by atoms with E-state index in [4.69, 9.17) is 19.9 Å². The largest absolute Gasteiger partial charge is 0.493 e. The van der Waals surface area contributed by atoms with Crippen LogP contribution < -0.4 is 25.3 Å². The van der Waals surface area contributed by atoms with Crippen molar-refractivity contribution in [3.05, 3.63) is 53.6 Å². The van der Waals surface area contributed by atoms with Crippen LogP contribution in [0.25, 0.3) is 0 Å². The Labute approximate surface area is 152 Å². The van der Waals surface area contributed by atoms with E-state index in [0.717, 1.165) is 5.56 Å². The van der Waals surface area contributed by atoms with E-state index in [2.05, 4.69) is 5.32 Å². The van der Waals surface area contributed by atoms with Crippen LogP contribution in [0, 0.1) is 0 Å². The normalized spacial score (nSPS) is 11.3. The maximum atomic E-state index is 12.6. The van der Waals surface area contributed by atoms with Crippen molar-refractivity contribution >= 4 is 11.8 Å². The van der Waals surface area contributed by atoms with Crippen molar-refractivity contribution in [3.8, 4) is 17.2 Å². The highest BCUT2D eigenvalue weighted by Gasteiger charge is 2.19. The topological polar surface area (TPSA) is 99.9 Å². The van der Waals surface area contributed by atoms with Gasteiger partial charge in [0.15, 0.2) is 18.1 Å². The molecule has 3 N–H and O–H groups in total. The number of carbonyl (C=O) groups is 2. The average Bonchev–Trinajstić information content (AvgIpc) is 2.65. The molecule has 138 valence electrons. The first-order valence-corrected chi connectivity index (χ1v) is 7.99. The van der Waals surface area contributed by atoms with Crippen molar-refractivity contribution in [2.75, 3.05) is 20.8 Å². The van der Waals surface area contributed by atoms with Crippen LogP contribution in [0.5, 0.6) is 17.2 Å². The predicted octanol–water partition coefficient (Wildman–Crippen LogP) is 2.06. The number of nitrogens with two attached hydrogens (primary N) is 1. The number of primary amides is 1. The molecule has 7 heteroatoms. The van der Waals surface area contributed by atoms with E-state index in [1.54, 1.807) is 0 Å². The van der Waals surface area contributed by atoms with Crippen LogP contribution in [0.3, 0.4) is 0 Å². The molecule has 2 rings (SSSR count). The van der Waals surface area contributed by atoms with Gasteiger partial charge in [-0.15, -0.1) is 0 Å². The lowest BCUT2D eigenvalue weighted by molar-refractivity contribution is -0.120. The molecule has 0 aliphatic heterocycles. The lowest BCUT2D eigenvalue weighted by Gasteiger charge is -2.17. The van der Waals surface area contributed by atoms with Crippen molar-refractivity contribution in [1.29, 1.82) is 0 Å². The number of benzene rings is 2. The van der Waals surface area contributed by atoms with Gasteiger partial charge in [0.1, 0.15) is 0 Å². The molecule has 2 amide bonds. The minimum Gasteiger partial charge on any atom is -0.493 e. The molecule has 2 aromatic carbocycles. The van der Waals surface area contributed by atoms with E-state index in [9.17, 15) is 9.59 Å². The third kappa shape index (κ3) is 4.66. The Morgan fingerprint density at radius 1 is 1.08 bits per heavy atom. The Balaban J connectivity index is 2.25. The van der Waals surface area contributed by atoms with Gasteiger partial charge in [-0.05, 0) is 24.6 Å². The molecule has 0 heterocycles. The molecule has 0 aromatic heterocycles. The van der Waals surface area contributed by atoms with Crippen LogP contribution in [0.4, 0.5) is 0 Å². The molecule has 0 saturated heterocycles. The molecule has 0 unspecified atom stereocenters. The summed E-state index contributed by atoms with van der Waals surface area (Å²) in [6.07, 6.45) is 0. The zero-order valence-corrected chi connectivity index (χ0v) is 14.9. The summed E-state index contributed by atoms with van der Waals surface area (Å²) >= 11 is 0. The number of nitrogens with one attached hydrogen (secondary N) is 1. The quantitative estimate of drug-likeness (QED) is 0.752. The molecule has 0 bridgehead atoms. The van der Waals surface area contributed by atoms with Gasteiger partial charge in [0.25, 0.3) is 11.8 Å². The summed E-state index contributed by atoms with van der Waals surface area (Å²) in [6, 6.07) is 12.5. The van der Waals surface area contributed by atoms with E-state index in [1.165, 1.54) is 26.4 Å². The van der Waals surface area contributed by atoms with Gasteiger partial charge >= 0.3 is 0 Å². The molecular weight excluding hydrogens is 336 g/mol. The summed E-state index contributed by atoms with van der Waals surface area (Å²) in [5.74, 6) is -0.181. The fourth-order valence-corrected chi connectivity index (χ4v) is 2.40. The molecule has 26 heavy (non-hydrogen) atoms. The molecule has 7 nitrogen and oxygen atoms in total. The third-order valence-corrected chi connectivity index (χ3v) is 3.73. The second-order valence-corrected chi connectivity index (χ2v) is 5.57. The standard InChI is InChI=1S/C19H22N2O5/c1-12(13-7-5-4-6-8-13)21-19(23)14-9-15(24-2)18(16(10-14)25-3)26-11-17(20)22/h4-10,12H,11H2,1-3H3,(H2,20,22)(H,21,23)/t12-/m1/s1. The average molecular weight is 358 g/mol. The lowest BCUT2D eigenvalue weighted by Crippen LogP contribution is -2.26. The van der Waals surface area contributed by atoms with Gasteiger partial charge in [-0.1, -0.05) is 30.3 Å². The van der Waals surface area contributed by atoms with E-state index < -0.39 is 5.91 Å². The van der Waals surface area contributed by atoms with Crippen LogP contribution in [-0.4, -0.2) is 32.6 Å². The zero-order valence-electron chi connectivity index (χ0n) is 14.9. The maximum Gasteiger partial charge on any atom is 0.255 e. The van der Waals surface area contributed by atoms with Crippen molar-refractivity contribution in [1.82, 2.24) is 5.32 Å². The van der Waals surface area contributed by atoms with Gasteiger partial charge in [0.05, 0.1) is 20.3 Å². The monoisotopic (exact) mass is 358 g/mol. The summed E-state index contributed by atoms with van der Waals surface area (Å²) in [7, 11) is 2.86. The third-order valence-electron chi connectivity index (χ3n) is 3.73. The van der Waals surface area contributed by atoms with Crippen molar-refractivity contribution in [2.45, 2.75) is 13.0 Å². The molecule has 0 spiro atoms. The van der Waals surface area contributed by atoms with Gasteiger partial charge in [0, 0.05) is 5.56 Å². The minimum absolute atomic E-state index is 0.175. The number of ether oxygens (including phenoxy) is 3. The first-order chi connectivity index (χ1) is 12.5. The van der Waals surface area contributed by atoms with Gasteiger partial charge in [0.2, 0.25) is 5.75 Å². The Hall–Kier alpha value is -3.22. The number of amides is 2. The molecular formula is C19H22N2O5. The molecule has 0 saturated carbocycles. The highest BCUT2D eigenvalue weighted by Crippen LogP contribution is 2.38. The Bertz CT molecular complexity index is 752. The fraction of sp³-hybridized carbons (Fsp3) is 0.263. The SMILES string of the molecule is COc1cc(C(=O)N[C@H](C)c2ccccc2)cc(OC)c1OCC(N)=O. The van der Waals surface area contributed by atoms with Crippen molar-refractivity contribution in [2.24, 2.45) is 5.73 Å². The molecule has 0 fully saturated rings. The summed E-state index contributed by atoms with van der Waals surface area (Å²) in [5, 5.41) is 2.92. The molecule has 2 aromatic rings. The second-order valence-electron chi connectivity index (χ2n) is 5.57. The smallest absolute Gasteiger partial charge is 0.255 e. The van der Waals surface area contributed by atoms with E-state index >= 15 is 0 Å². The summed E-state index contributed by atoms with van der Waals surface area (Å²) in [4.78, 5) is 23.6. The molecule has 0 radical (unpaired) electrons. The first kappa shape index (κ1) is 19.1. The van der Waals surface area contributed by atoms with Gasteiger partial charge < -0.3 is 25.3 Å². The van der Waals surface area contributed by atoms with Crippen LogP contribution in [-0.2, 0) is 4.79 Å². The number of hydrogen-bond donors (Lipinski definition) is 2. The second kappa shape index (κ2) is 8.75. The minimum atomic E-state index is -0.632. The molecule has 0 aliphatic rings. The zero-order chi connectivity index (χ0) is 19.1. The van der Waals surface area contributed by atoms with Gasteiger partial charge in [-0.3, -0.25) is 9.59 Å². The van der Waals surface area contributed by atoms with Crippen molar-refractivity contribution < 1.29 is 23.8 Å². The lowest BCUT2D eigenvalue weighted by atomic mass is 10.1. The van der Waals surface area contributed by atoms with Gasteiger partial charge in [-0.2, -0.15) is 0 Å². The number of methoxy groups -OCH3 is 2. The summed E-state index contributed by atoms with van der Waals surface area (Å²) < 4.78 is 15.9. The first-order valence-electron chi connectivity index (χ1n) is 7.99.